The monoisotopic (exact) mass is 368 g/mol. The van der Waals surface area contributed by atoms with E-state index in [4.69, 9.17) is 0 Å². The van der Waals surface area contributed by atoms with Gasteiger partial charge in [-0.25, -0.2) is 9.07 Å². The van der Waals surface area contributed by atoms with E-state index in [0.717, 1.165) is 0 Å². The lowest BCUT2D eigenvalue weighted by Gasteiger charge is -2.19. The van der Waals surface area contributed by atoms with Crippen LogP contribution >= 0.6 is 0 Å². The predicted octanol–water partition coefficient (Wildman–Crippen LogP) is 3.15. The van der Waals surface area contributed by atoms with Crippen LogP contribution in [0, 0.1) is 5.82 Å². The summed E-state index contributed by atoms with van der Waals surface area (Å²) in [6.45, 7) is 6.31. The van der Waals surface area contributed by atoms with Gasteiger partial charge in [-0.3, -0.25) is 4.79 Å². The molecule has 0 aliphatic carbocycles. The van der Waals surface area contributed by atoms with Crippen LogP contribution in [0.2, 0.25) is 0 Å². The largest absolute Gasteiger partial charge is 0.374 e. The zero-order valence-corrected chi connectivity index (χ0v) is 15.4. The summed E-state index contributed by atoms with van der Waals surface area (Å²) in [5.74, 6) is -0.736. The van der Waals surface area contributed by atoms with Crippen molar-refractivity contribution < 1.29 is 9.18 Å². The first-order valence-corrected chi connectivity index (χ1v) is 8.50. The van der Waals surface area contributed by atoms with Gasteiger partial charge in [0.05, 0.1) is 17.9 Å². The third-order valence-corrected chi connectivity index (χ3v) is 4.04. The van der Waals surface area contributed by atoms with Crippen LogP contribution in [-0.2, 0) is 10.2 Å². The predicted molar refractivity (Wildman–Crippen MR) is 101 cm³/mol. The molecule has 2 N–H and O–H groups in total. The number of rotatable bonds is 5. The number of amides is 1. The summed E-state index contributed by atoms with van der Waals surface area (Å²) in [5, 5.41) is 16.4. The van der Waals surface area contributed by atoms with E-state index in [1.807, 2.05) is 24.3 Å². The molecule has 0 radical (unpaired) electrons. The third-order valence-electron chi connectivity index (χ3n) is 4.04. The molecule has 1 aromatic heterocycles. The summed E-state index contributed by atoms with van der Waals surface area (Å²) in [7, 11) is 0. The Morgan fingerprint density at radius 3 is 2.52 bits per heavy atom. The van der Waals surface area contributed by atoms with E-state index >= 15 is 0 Å². The second-order valence-electron chi connectivity index (χ2n) is 7.15. The van der Waals surface area contributed by atoms with Crippen LogP contribution in [0.1, 0.15) is 26.3 Å². The van der Waals surface area contributed by atoms with Crippen molar-refractivity contribution in [3.63, 3.8) is 0 Å². The molecule has 0 aliphatic heterocycles. The van der Waals surface area contributed by atoms with Crippen molar-refractivity contribution in [2.45, 2.75) is 26.2 Å². The van der Waals surface area contributed by atoms with Gasteiger partial charge in [0.25, 0.3) is 0 Å². The number of carbonyl (C=O) groups excluding carboxylic acids is 1. The minimum absolute atomic E-state index is 0.0479. The van der Waals surface area contributed by atoms with Gasteiger partial charge in [-0.2, -0.15) is 0 Å². The maximum Gasteiger partial charge on any atom is 0.243 e. The fourth-order valence-electron chi connectivity index (χ4n) is 2.51. The van der Waals surface area contributed by atoms with Gasteiger partial charge in [-0.05, 0) is 51.7 Å². The quantitative estimate of drug-likeness (QED) is 0.723. The molecule has 0 aliphatic rings. The van der Waals surface area contributed by atoms with E-state index in [0.29, 0.717) is 11.4 Å². The standard InChI is InChI=1S/C19H21FN6O/c1-19(2,3)13-4-6-14(7-5-13)23-18(27)11-21-17-10-15(8-9-16(17)20)26-12-22-24-25-26/h4-10,12,21H,11H2,1-3H3,(H,23,27). The number of hydrogen-bond donors (Lipinski definition) is 2. The van der Waals surface area contributed by atoms with Crippen molar-refractivity contribution in [2.24, 2.45) is 0 Å². The van der Waals surface area contributed by atoms with E-state index in [1.165, 1.54) is 28.7 Å². The van der Waals surface area contributed by atoms with E-state index in [-0.39, 0.29) is 23.6 Å². The fourth-order valence-corrected chi connectivity index (χ4v) is 2.51. The van der Waals surface area contributed by atoms with E-state index in [2.05, 4.69) is 46.9 Å². The first kappa shape index (κ1) is 18.5. The highest BCUT2D eigenvalue weighted by molar-refractivity contribution is 5.93. The van der Waals surface area contributed by atoms with Gasteiger partial charge in [-0.15, -0.1) is 5.10 Å². The molecule has 0 atom stereocenters. The normalized spacial score (nSPS) is 11.3. The molecule has 1 amide bonds. The van der Waals surface area contributed by atoms with Crippen molar-refractivity contribution >= 4 is 17.3 Å². The molecule has 0 unspecified atom stereocenters. The number of aromatic nitrogens is 4. The van der Waals surface area contributed by atoms with Crippen LogP contribution in [0.5, 0.6) is 0 Å². The number of carbonyl (C=O) groups is 1. The molecule has 0 fully saturated rings. The topological polar surface area (TPSA) is 84.7 Å². The smallest absolute Gasteiger partial charge is 0.243 e. The van der Waals surface area contributed by atoms with Crippen LogP contribution in [0.25, 0.3) is 5.69 Å². The van der Waals surface area contributed by atoms with E-state index in [1.54, 1.807) is 6.07 Å². The van der Waals surface area contributed by atoms with Gasteiger partial charge in [0.15, 0.2) is 0 Å². The number of nitrogens with zero attached hydrogens (tertiary/aromatic N) is 4. The number of nitrogens with one attached hydrogen (secondary N) is 2. The minimum atomic E-state index is -0.464. The van der Waals surface area contributed by atoms with Crippen LogP contribution in [0.4, 0.5) is 15.8 Å². The van der Waals surface area contributed by atoms with Crippen molar-refractivity contribution in [1.29, 1.82) is 0 Å². The first-order valence-electron chi connectivity index (χ1n) is 8.50. The van der Waals surface area contributed by atoms with Gasteiger partial charge < -0.3 is 10.6 Å². The Bertz CT molecular complexity index is 916. The number of halogens is 1. The Morgan fingerprint density at radius 1 is 1.15 bits per heavy atom. The van der Waals surface area contributed by atoms with Crippen molar-refractivity contribution in [3.05, 3.63) is 60.2 Å². The van der Waals surface area contributed by atoms with Crippen LogP contribution in [0.3, 0.4) is 0 Å². The molecule has 3 rings (SSSR count). The average Bonchev–Trinajstić information content (AvgIpc) is 3.15. The number of benzene rings is 2. The molecule has 8 heteroatoms. The van der Waals surface area contributed by atoms with Gasteiger partial charge in [0, 0.05) is 5.69 Å². The summed E-state index contributed by atoms with van der Waals surface area (Å²) in [5.41, 5.74) is 2.70. The molecule has 3 aromatic rings. The molecule has 140 valence electrons. The lowest BCUT2D eigenvalue weighted by Crippen LogP contribution is -2.22. The molecular weight excluding hydrogens is 347 g/mol. The van der Waals surface area contributed by atoms with Crippen LogP contribution < -0.4 is 10.6 Å². The zero-order valence-electron chi connectivity index (χ0n) is 15.4. The molecule has 0 spiro atoms. The van der Waals surface area contributed by atoms with Gasteiger partial charge in [-0.1, -0.05) is 32.9 Å². The SMILES string of the molecule is CC(C)(C)c1ccc(NC(=O)CNc2cc(-n3cnnn3)ccc2F)cc1. The summed E-state index contributed by atoms with van der Waals surface area (Å²) in [6, 6.07) is 12.1. The average molecular weight is 368 g/mol. The number of anilines is 2. The van der Waals surface area contributed by atoms with Crippen LogP contribution in [0.15, 0.2) is 48.8 Å². The van der Waals surface area contributed by atoms with Crippen molar-refractivity contribution in [2.75, 3.05) is 17.2 Å². The first-order chi connectivity index (χ1) is 12.8. The van der Waals surface area contributed by atoms with Gasteiger partial charge in [0.2, 0.25) is 5.91 Å². The second kappa shape index (κ2) is 7.53. The van der Waals surface area contributed by atoms with E-state index in [9.17, 15) is 9.18 Å². The maximum atomic E-state index is 14.0. The molecule has 0 saturated carbocycles. The zero-order chi connectivity index (χ0) is 19.4. The van der Waals surface area contributed by atoms with Crippen LogP contribution in [-0.4, -0.2) is 32.7 Å². The number of hydrogen-bond acceptors (Lipinski definition) is 5. The highest BCUT2D eigenvalue weighted by Gasteiger charge is 2.13. The second-order valence-corrected chi connectivity index (χ2v) is 7.15. The Morgan fingerprint density at radius 2 is 1.89 bits per heavy atom. The molecule has 1 heterocycles. The highest BCUT2D eigenvalue weighted by atomic mass is 19.1. The fraction of sp³-hybridized carbons (Fsp3) is 0.263. The Hall–Kier alpha value is -3.29. The molecule has 2 aromatic carbocycles. The minimum Gasteiger partial charge on any atom is -0.374 e. The molecule has 0 bridgehead atoms. The van der Waals surface area contributed by atoms with Gasteiger partial charge in [0.1, 0.15) is 12.1 Å². The van der Waals surface area contributed by atoms with E-state index < -0.39 is 5.82 Å². The Balaban J connectivity index is 1.61. The molecule has 7 nitrogen and oxygen atoms in total. The summed E-state index contributed by atoms with van der Waals surface area (Å²) >= 11 is 0. The Labute approximate surface area is 156 Å². The molecule has 27 heavy (non-hydrogen) atoms. The highest BCUT2D eigenvalue weighted by Crippen LogP contribution is 2.23. The lowest BCUT2D eigenvalue weighted by molar-refractivity contribution is -0.114. The maximum absolute atomic E-state index is 14.0. The number of tetrazole rings is 1. The van der Waals surface area contributed by atoms with Crippen molar-refractivity contribution in [3.8, 4) is 5.69 Å². The summed E-state index contributed by atoms with van der Waals surface area (Å²) < 4.78 is 15.4. The lowest BCUT2D eigenvalue weighted by atomic mass is 9.87. The summed E-state index contributed by atoms with van der Waals surface area (Å²) in [4.78, 5) is 12.2. The molecular formula is C19H21FN6O. The summed E-state index contributed by atoms with van der Waals surface area (Å²) in [6.07, 6.45) is 1.41. The third kappa shape index (κ3) is 4.66. The van der Waals surface area contributed by atoms with Crippen molar-refractivity contribution in [1.82, 2.24) is 20.2 Å². The van der Waals surface area contributed by atoms with Gasteiger partial charge >= 0.3 is 0 Å². The molecule has 0 saturated heterocycles. The Kier molecular flexibility index (Phi) is 5.16.